The quantitative estimate of drug-likeness (QED) is 0.632. The molecule has 0 bridgehead atoms. The molecule has 3 rings (SSSR count). The average Bonchev–Trinajstić information content (AvgIpc) is 2.88. The van der Waals surface area contributed by atoms with Crippen molar-refractivity contribution in [2.75, 3.05) is 5.73 Å². The molecular formula is C11H9N3O. The molecular weight excluding hydrogens is 190 g/mol. The standard InChI is InChI=1S/C11H9N3O/c12-11-8-6-7(10-2-1-5-15-10)3-4-9(8)13-14-11/h1-6H,(H3,12,13,14). The summed E-state index contributed by atoms with van der Waals surface area (Å²) in [4.78, 5) is 0. The Labute approximate surface area is 85.7 Å². The minimum Gasteiger partial charge on any atom is -0.464 e. The molecule has 15 heavy (non-hydrogen) atoms. The monoisotopic (exact) mass is 199 g/mol. The summed E-state index contributed by atoms with van der Waals surface area (Å²) in [5.74, 6) is 1.34. The van der Waals surface area contributed by atoms with Crippen molar-refractivity contribution in [3.8, 4) is 11.3 Å². The lowest BCUT2D eigenvalue weighted by atomic mass is 10.1. The first-order chi connectivity index (χ1) is 7.34. The molecule has 2 heterocycles. The Morgan fingerprint density at radius 2 is 2.20 bits per heavy atom. The van der Waals surface area contributed by atoms with E-state index in [2.05, 4.69) is 10.2 Å². The summed E-state index contributed by atoms with van der Waals surface area (Å²) in [6, 6.07) is 9.65. The molecule has 0 unspecified atom stereocenters. The number of aromatic nitrogens is 2. The number of aromatic amines is 1. The summed E-state index contributed by atoms with van der Waals surface area (Å²) in [5, 5.41) is 7.72. The molecule has 0 fully saturated rings. The van der Waals surface area contributed by atoms with Gasteiger partial charge in [0.05, 0.1) is 11.8 Å². The first-order valence-corrected chi connectivity index (χ1v) is 4.62. The lowest BCUT2D eigenvalue weighted by Crippen LogP contribution is -1.83. The van der Waals surface area contributed by atoms with Crippen LogP contribution >= 0.6 is 0 Å². The molecule has 0 saturated carbocycles. The summed E-state index contributed by atoms with van der Waals surface area (Å²) in [5.41, 5.74) is 7.66. The van der Waals surface area contributed by atoms with Gasteiger partial charge < -0.3 is 10.2 Å². The van der Waals surface area contributed by atoms with Gasteiger partial charge in [-0.15, -0.1) is 0 Å². The van der Waals surface area contributed by atoms with Crippen LogP contribution in [0, 0.1) is 0 Å². The number of hydrogen-bond acceptors (Lipinski definition) is 3. The number of H-pyrrole nitrogens is 1. The summed E-state index contributed by atoms with van der Waals surface area (Å²) in [6.45, 7) is 0. The molecule has 74 valence electrons. The molecule has 0 amide bonds. The average molecular weight is 199 g/mol. The number of furan rings is 1. The fourth-order valence-corrected chi connectivity index (χ4v) is 1.63. The van der Waals surface area contributed by atoms with E-state index in [1.54, 1.807) is 6.26 Å². The lowest BCUT2D eigenvalue weighted by molar-refractivity contribution is 0.582. The number of fused-ring (bicyclic) bond motifs is 1. The van der Waals surface area contributed by atoms with E-state index in [-0.39, 0.29) is 0 Å². The normalized spacial score (nSPS) is 10.9. The highest BCUT2D eigenvalue weighted by Gasteiger charge is 2.05. The van der Waals surface area contributed by atoms with Gasteiger partial charge in [0.15, 0.2) is 5.82 Å². The van der Waals surface area contributed by atoms with Crippen molar-refractivity contribution < 1.29 is 4.42 Å². The summed E-state index contributed by atoms with van der Waals surface area (Å²) >= 11 is 0. The molecule has 0 saturated heterocycles. The van der Waals surface area contributed by atoms with Crippen LogP contribution in [0.4, 0.5) is 5.82 Å². The number of nitrogens with one attached hydrogen (secondary N) is 1. The molecule has 1 aromatic carbocycles. The lowest BCUT2D eigenvalue weighted by Gasteiger charge is -1.96. The number of anilines is 1. The number of rotatable bonds is 1. The van der Waals surface area contributed by atoms with Gasteiger partial charge in [0.25, 0.3) is 0 Å². The fraction of sp³-hybridized carbons (Fsp3) is 0. The molecule has 2 aromatic heterocycles. The van der Waals surface area contributed by atoms with Gasteiger partial charge in [-0.2, -0.15) is 5.10 Å². The molecule has 0 aliphatic carbocycles. The smallest absolute Gasteiger partial charge is 0.153 e. The third-order valence-electron chi connectivity index (χ3n) is 2.40. The molecule has 0 aliphatic rings. The molecule has 0 atom stereocenters. The number of nitrogens with zero attached hydrogens (tertiary/aromatic N) is 1. The van der Waals surface area contributed by atoms with Gasteiger partial charge in [-0.25, -0.2) is 0 Å². The van der Waals surface area contributed by atoms with Gasteiger partial charge >= 0.3 is 0 Å². The van der Waals surface area contributed by atoms with E-state index in [4.69, 9.17) is 10.2 Å². The predicted octanol–water partition coefficient (Wildman–Crippen LogP) is 2.41. The highest BCUT2D eigenvalue weighted by atomic mass is 16.3. The number of hydrogen-bond donors (Lipinski definition) is 2. The molecule has 4 heteroatoms. The third kappa shape index (κ3) is 1.19. The molecule has 4 nitrogen and oxygen atoms in total. The van der Waals surface area contributed by atoms with Crippen molar-refractivity contribution in [3.05, 3.63) is 36.6 Å². The zero-order valence-electron chi connectivity index (χ0n) is 7.90. The van der Waals surface area contributed by atoms with E-state index in [0.717, 1.165) is 22.2 Å². The van der Waals surface area contributed by atoms with Crippen LogP contribution in [-0.2, 0) is 0 Å². The molecule has 0 radical (unpaired) electrons. The van der Waals surface area contributed by atoms with Crippen LogP contribution in [0.2, 0.25) is 0 Å². The van der Waals surface area contributed by atoms with E-state index >= 15 is 0 Å². The highest BCUT2D eigenvalue weighted by molar-refractivity contribution is 5.91. The van der Waals surface area contributed by atoms with Gasteiger partial charge in [0.1, 0.15) is 5.76 Å². The summed E-state index contributed by atoms with van der Waals surface area (Å²) in [7, 11) is 0. The SMILES string of the molecule is Nc1n[nH]c2ccc(-c3ccco3)cc12. The van der Waals surface area contributed by atoms with Crippen LogP contribution < -0.4 is 5.73 Å². The Morgan fingerprint density at radius 1 is 1.27 bits per heavy atom. The second-order valence-electron chi connectivity index (χ2n) is 3.35. The zero-order valence-corrected chi connectivity index (χ0v) is 7.90. The van der Waals surface area contributed by atoms with Crippen molar-refractivity contribution in [3.63, 3.8) is 0 Å². The Balaban J connectivity index is 2.25. The maximum absolute atomic E-state index is 5.73. The van der Waals surface area contributed by atoms with E-state index < -0.39 is 0 Å². The van der Waals surface area contributed by atoms with Gasteiger partial charge in [-0.05, 0) is 30.3 Å². The second kappa shape index (κ2) is 2.88. The van der Waals surface area contributed by atoms with Crippen molar-refractivity contribution in [1.82, 2.24) is 10.2 Å². The largest absolute Gasteiger partial charge is 0.464 e. The van der Waals surface area contributed by atoms with Crippen LogP contribution in [-0.4, -0.2) is 10.2 Å². The van der Waals surface area contributed by atoms with Gasteiger partial charge in [-0.3, -0.25) is 5.10 Å². The van der Waals surface area contributed by atoms with Crippen molar-refractivity contribution in [2.24, 2.45) is 0 Å². The van der Waals surface area contributed by atoms with Crippen molar-refractivity contribution in [1.29, 1.82) is 0 Å². The second-order valence-corrected chi connectivity index (χ2v) is 3.35. The molecule has 0 spiro atoms. The Bertz CT molecular complexity index is 595. The zero-order chi connectivity index (χ0) is 10.3. The van der Waals surface area contributed by atoms with E-state index in [9.17, 15) is 0 Å². The maximum atomic E-state index is 5.73. The van der Waals surface area contributed by atoms with Crippen LogP contribution in [0.1, 0.15) is 0 Å². The summed E-state index contributed by atoms with van der Waals surface area (Å²) < 4.78 is 5.31. The van der Waals surface area contributed by atoms with E-state index in [0.29, 0.717) is 5.82 Å². The van der Waals surface area contributed by atoms with Crippen LogP contribution in [0.3, 0.4) is 0 Å². The van der Waals surface area contributed by atoms with Crippen LogP contribution in [0.15, 0.2) is 41.0 Å². The van der Waals surface area contributed by atoms with Gasteiger partial charge in [0.2, 0.25) is 0 Å². The number of nitrogen functional groups attached to an aromatic ring is 1. The Hall–Kier alpha value is -2.23. The van der Waals surface area contributed by atoms with Crippen molar-refractivity contribution in [2.45, 2.75) is 0 Å². The van der Waals surface area contributed by atoms with Crippen LogP contribution in [0.5, 0.6) is 0 Å². The minimum atomic E-state index is 0.512. The topological polar surface area (TPSA) is 67.8 Å². The Kier molecular flexibility index (Phi) is 1.56. The van der Waals surface area contributed by atoms with Gasteiger partial charge in [-0.1, -0.05) is 0 Å². The minimum absolute atomic E-state index is 0.512. The molecule has 0 aliphatic heterocycles. The Morgan fingerprint density at radius 3 is 3.00 bits per heavy atom. The number of nitrogens with two attached hydrogens (primary N) is 1. The first kappa shape index (κ1) is 8.11. The number of benzene rings is 1. The third-order valence-corrected chi connectivity index (χ3v) is 2.40. The fourth-order valence-electron chi connectivity index (χ4n) is 1.63. The maximum Gasteiger partial charge on any atom is 0.153 e. The predicted molar refractivity (Wildman–Crippen MR) is 58.2 cm³/mol. The molecule has 3 N–H and O–H groups in total. The van der Waals surface area contributed by atoms with E-state index in [1.165, 1.54) is 0 Å². The van der Waals surface area contributed by atoms with Crippen LogP contribution in [0.25, 0.3) is 22.2 Å². The van der Waals surface area contributed by atoms with Crippen molar-refractivity contribution >= 4 is 16.7 Å². The highest BCUT2D eigenvalue weighted by Crippen LogP contribution is 2.26. The van der Waals surface area contributed by atoms with E-state index in [1.807, 2.05) is 30.3 Å². The van der Waals surface area contributed by atoms with Gasteiger partial charge in [0, 0.05) is 10.9 Å². The molecule has 3 aromatic rings. The first-order valence-electron chi connectivity index (χ1n) is 4.62. The summed E-state index contributed by atoms with van der Waals surface area (Å²) in [6.07, 6.45) is 1.65.